The van der Waals surface area contributed by atoms with E-state index in [1.165, 1.54) is 5.56 Å². The summed E-state index contributed by atoms with van der Waals surface area (Å²) in [6, 6.07) is 9.79. The Bertz CT molecular complexity index is 445. The highest BCUT2D eigenvalue weighted by Gasteiger charge is 1.97. The SMILES string of the molecule is NC(=S)c1ccc(Cn2cccn2)cc1. The van der Waals surface area contributed by atoms with E-state index in [4.69, 9.17) is 18.0 Å². The Kier molecular flexibility index (Phi) is 2.78. The second-order valence-corrected chi connectivity index (χ2v) is 3.70. The van der Waals surface area contributed by atoms with E-state index in [1.807, 2.05) is 41.2 Å². The molecule has 0 radical (unpaired) electrons. The van der Waals surface area contributed by atoms with Gasteiger partial charge >= 0.3 is 0 Å². The number of benzene rings is 1. The minimum atomic E-state index is 0.431. The summed E-state index contributed by atoms with van der Waals surface area (Å²) in [6.07, 6.45) is 3.70. The molecule has 0 unspecified atom stereocenters. The highest BCUT2D eigenvalue weighted by Crippen LogP contribution is 2.05. The number of thiocarbonyl (C=S) groups is 1. The normalized spacial score (nSPS) is 10.1. The van der Waals surface area contributed by atoms with E-state index in [0.29, 0.717) is 4.99 Å². The lowest BCUT2D eigenvalue weighted by Gasteiger charge is -2.03. The van der Waals surface area contributed by atoms with Crippen LogP contribution in [0.25, 0.3) is 0 Å². The van der Waals surface area contributed by atoms with Crippen LogP contribution in [0.3, 0.4) is 0 Å². The molecule has 0 aliphatic rings. The maximum Gasteiger partial charge on any atom is 0.103 e. The average Bonchev–Trinajstić information content (AvgIpc) is 2.71. The average molecular weight is 217 g/mol. The van der Waals surface area contributed by atoms with Crippen LogP contribution in [0.2, 0.25) is 0 Å². The van der Waals surface area contributed by atoms with Gasteiger partial charge in [-0.2, -0.15) is 5.10 Å². The topological polar surface area (TPSA) is 43.8 Å². The molecule has 2 N–H and O–H groups in total. The monoisotopic (exact) mass is 217 g/mol. The number of hydrogen-bond acceptors (Lipinski definition) is 2. The van der Waals surface area contributed by atoms with Gasteiger partial charge in [-0.15, -0.1) is 0 Å². The molecule has 1 heterocycles. The summed E-state index contributed by atoms with van der Waals surface area (Å²) in [7, 11) is 0. The maximum atomic E-state index is 5.51. The lowest BCUT2D eigenvalue weighted by Crippen LogP contribution is -2.09. The van der Waals surface area contributed by atoms with E-state index in [9.17, 15) is 0 Å². The number of nitrogens with zero attached hydrogens (tertiary/aromatic N) is 2. The van der Waals surface area contributed by atoms with Crippen LogP contribution in [0.4, 0.5) is 0 Å². The van der Waals surface area contributed by atoms with Crippen LogP contribution < -0.4 is 5.73 Å². The fourth-order valence-electron chi connectivity index (χ4n) is 1.36. The molecular formula is C11H11N3S. The Balaban J connectivity index is 2.14. The van der Waals surface area contributed by atoms with Crippen molar-refractivity contribution < 1.29 is 0 Å². The second kappa shape index (κ2) is 4.23. The van der Waals surface area contributed by atoms with Gasteiger partial charge in [-0.3, -0.25) is 4.68 Å². The molecule has 4 heteroatoms. The van der Waals surface area contributed by atoms with E-state index in [2.05, 4.69) is 5.10 Å². The molecule has 2 rings (SSSR count). The summed E-state index contributed by atoms with van der Waals surface area (Å²) in [5, 5.41) is 4.14. The van der Waals surface area contributed by atoms with Crippen molar-refractivity contribution in [3.05, 3.63) is 53.9 Å². The number of aromatic nitrogens is 2. The van der Waals surface area contributed by atoms with Crippen LogP contribution in [0.1, 0.15) is 11.1 Å². The molecule has 0 aliphatic heterocycles. The Morgan fingerprint density at radius 3 is 2.60 bits per heavy atom. The molecule has 1 aromatic carbocycles. The van der Waals surface area contributed by atoms with Crippen molar-refractivity contribution >= 4 is 17.2 Å². The quantitative estimate of drug-likeness (QED) is 0.794. The Morgan fingerprint density at radius 1 is 1.33 bits per heavy atom. The first-order chi connectivity index (χ1) is 7.25. The summed E-state index contributed by atoms with van der Waals surface area (Å²) in [5.74, 6) is 0. The van der Waals surface area contributed by atoms with Crippen LogP contribution in [0, 0.1) is 0 Å². The van der Waals surface area contributed by atoms with Crippen molar-refractivity contribution in [2.24, 2.45) is 5.73 Å². The van der Waals surface area contributed by atoms with Gasteiger partial charge in [0.05, 0.1) is 6.54 Å². The molecular weight excluding hydrogens is 206 g/mol. The highest BCUT2D eigenvalue weighted by molar-refractivity contribution is 7.80. The van der Waals surface area contributed by atoms with Crippen molar-refractivity contribution in [1.29, 1.82) is 0 Å². The lowest BCUT2D eigenvalue weighted by atomic mass is 10.1. The highest BCUT2D eigenvalue weighted by atomic mass is 32.1. The molecule has 2 aromatic rings. The van der Waals surface area contributed by atoms with Crippen molar-refractivity contribution in [2.45, 2.75) is 6.54 Å². The Morgan fingerprint density at radius 2 is 2.07 bits per heavy atom. The molecule has 15 heavy (non-hydrogen) atoms. The van der Waals surface area contributed by atoms with Gasteiger partial charge in [-0.05, 0) is 11.6 Å². The third kappa shape index (κ3) is 2.41. The van der Waals surface area contributed by atoms with E-state index in [0.717, 1.165) is 12.1 Å². The minimum absolute atomic E-state index is 0.431. The molecule has 0 saturated heterocycles. The number of rotatable bonds is 3. The second-order valence-electron chi connectivity index (χ2n) is 3.26. The molecule has 0 bridgehead atoms. The molecule has 0 amide bonds. The molecule has 0 spiro atoms. The number of nitrogens with two attached hydrogens (primary N) is 1. The van der Waals surface area contributed by atoms with Gasteiger partial charge in [0, 0.05) is 18.0 Å². The molecule has 0 aliphatic carbocycles. The Hall–Kier alpha value is -1.68. The van der Waals surface area contributed by atoms with Gasteiger partial charge in [-0.25, -0.2) is 0 Å². The zero-order chi connectivity index (χ0) is 10.7. The van der Waals surface area contributed by atoms with Gasteiger partial charge in [0.15, 0.2) is 0 Å². The first-order valence-electron chi connectivity index (χ1n) is 4.62. The largest absolute Gasteiger partial charge is 0.389 e. The van der Waals surface area contributed by atoms with Gasteiger partial charge in [-0.1, -0.05) is 36.5 Å². The predicted molar refractivity (Wildman–Crippen MR) is 63.7 cm³/mol. The summed E-state index contributed by atoms with van der Waals surface area (Å²) in [5.41, 5.74) is 7.59. The molecule has 0 fully saturated rings. The van der Waals surface area contributed by atoms with Crippen LogP contribution >= 0.6 is 12.2 Å². The van der Waals surface area contributed by atoms with Gasteiger partial charge < -0.3 is 5.73 Å². The van der Waals surface area contributed by atoms with Gasteiger partial charge in [0.1, 0.15) is 4.99 Å². The first-order valence-corrected chi connectivity index (χ1v) is 5.03. The van der Waals surface area contributed by atoms with E-state index in [1.54, 1.807) is 6.20 Å². The molecule has 0 saturated carbocycles. The molecule has 1 aromatic heterocycles. The zero-order valence-corrected chi connectivity index (χ0v) is 8.95. The van der Waals surface area contributed by atoms with Crippen molar-refractivity contribution in [3.63, 3.8) is 0 Å². The van der Waals surface area contributed by atoms with Crippen LogP contribution in [0.5, 0.6) is 0 Å². The van der Waals surface area contributed by atoms with Crippen LogP contribution in [-0.2, 0) is 6.54 Å². The summed E-state index contributed by atoms with van der Waals surface area (Å²) < 4.78 is 1.87. The molecule has 76 valence electrons. The van der Waals surface area contributed by atoms with Crippen LogP contribution in [0.15, 0.2) is 42.7 Å². The number of hydrogen-bond donors (Lipinski definition) is 1. The zero-order valence-electron chi connectivity index (χ0n) is 8.13. The summed E-state index contributed by atoms with van der Waals surface area (Å²) >= 11 is 4.88. The Labute approximate surface area is 93.5 Å². The summed E-state index contributed by atoms with van der Waals surface area (Å²) in [6.45, 7) is 0.768. The van der Waals surface area contributed by atoms with Gasteiger partial charge in [0.25, 0.3) is 0 Å². The van der Waals surface area contributed by atoms with E-state index >= 15 is 0 Å². The van der Waals surface area contributed by atoms with E-state index in [-0.39, 0.29) is 0 Å². The fourth-order valence-corrected chi connectivity index (χ4v) is 1.49. The standard InChI is InChI=1S/C11H11N3S/c12-11(15)10-4-2-9(3-5-10)8-14-7-1-6-13-14/h1-7H,8H2,(H2,12,15). The summed E-state index contributed by atoms with van der Waals surface area (Å²) in [4.78, 5) is 0.431. The molecule has 3 nitrogen and oxygen atoms in total. The smallest absolute Gasteiger partial charge is 0.103 e. The molecule has 0 atom stereocenters. The minimum Gasteiger partial charge on any atom is -0.389 e. The third-order valence-corrected chi connectivity index (χ3v) is 2.38. The van der Waals surface area contributed by atoms with Crippen LogP contribution in [-0.4, -0.2) is 14.8 Å². The lowest BCUT2D eigenvalue weighted by molar-refractivity contribution is 0.687. The van der Waals surface area contributed by atoms with Crippen molar-refractivity contribution in [3.8, 4) is 0 Å². The van der Waals surface area contributed by atoms with Crippen molar-refractivity contribution in [1.82, 2.24) is 9.78 Å². The first kappa shape index (κ1) is 9.86. The van der Waals surface area contributed by atoms with E-state index < -0.39 is 0 Å². The van der Waals surface area contributed by atoms with Crippen molar-refractivity contribution in [2.75, 3.05) is 0 Å². The third-order valence-electron chi connectivity index (χ3n) is 2.14. The maximum absolute atomic E-state index is 5.51. The predicted octanol–water partition coefficient (Wildman–Crippen LogP) is 1.57. The van der Waals surface area contributed by atoms with Gasteiger partial charge in [0.2, 0.25) is 0 Å². The fraction of sp³-hybridized carbons (Fsp3) is 0.0909.